The average Bonchev–Trinajstić information content (AvgIpc) is 2.44. The third-order valence-electron chi connectivity index (χ3n) is 2.89. The van der Waals surface area contributed by atoms with Crippen molar-refractivity contribution in [2.24, 2.45) is 5.92 Å². The van der Waals surface area contributed by atoms with Crippen LogP contribution in [0.2, 0.25) is 0 Å². The van der Waals surface area contributed by atoms with E-state index in [0.29, 0.717) is 6.54 Å². The van der Waals surface area contributed by atoms with Crippen molar-refractivity contribution in [1.82, 2.24) is 4.31 Å². The maximum Gasteiger partial charge on any atom is 0.243 e. The minimum Gasteiger partial charge on any atom is -0.207 e. The molecule has 0 aromatic heterocycles. The minimum atomic E-state index is -3.60. The summed E-state index contributed by atoms with van der Waals surface area (Å²) in [6, 6.07) is 10.3. The maximum absolute atomic E-state index is 12.6. The van der Waals surface area contributed by atoms with Crippen LogP contribution in [0.1, 0.15) is 25.8 Å². The zero-order valence-corrected chi connectivity index (χ0v) is 13.1. The van der Waals surface area contributed by atoms with Gasteiger partial charge in [-0.2, -0.15) is 14.8 Å². The summed E-state index contributed by atoms with van der Waals surface area (Å²) >= 11 is 0. The highest BCUT2D eigenvalue weighted by Gasteiger charge is 2.24. The number of hydrogen-bond acceptors (Lipinski definition) is 4. The van der Waals surface area contributed by atoms with Gasteiger partial charge in [0.05, 0.1) is 23.5 Å². The second-order valence-corrected chi connectivity index (χ2v) is 7.08. The molecule has 0 fully saturated rings. The van der Waals surface area contributed by atoms with Crippen molar-refractivity contribution < 1.29 is 8.42 Å². The van der Waals surface area contributed by atoms with Gasteiger partial charge in [-0.15, -0.1) is 0 Å². The highest BCUT2D eigenvalue weighted by molar-refractivity contribution is 7.89. The monoisotopic (exact) mass is 305 g/mol. The van der Waals surface area contributed by atoms with Gasteiger partial charge in [-0.05, 0) is 23.6 Å². The van der Waals surface area contributed by atoms with Crippen LogP contribution >= 0.6 is 0 Å². The van der Waals surface area contributed by atoms with Crippen molar-refractivity contribution >= 4 is 10.0 Å². The third-order valence-corrected chi connectivity index (χ3v) is 4.77. The average molecular weight is 305 g/mol. The van der Waals surface area contributed by atoms with E-state index in [4.69, 9.17) is 10.5 Å². The van der Waals surface area contributed by atoms with Gasteiger partial charge in [-0.3, -0.25) is 0 Å². The van der Waals surface area contributed by atoms with Crippen molar-refractivity contribution in [2.75, 3.05) is 13.1 Å². The Morgan fingerprint density at radius 3 is 2.24 bits per heavy atom. The Balaban J connectivity index is 3.04. The molecule has 0 spiro atoms. The van der Waals surface area contributed by atoms with Gasteiger partial charge in [0.2, 0.25) is 10.0 Å². The van der Waals surface area contributed by atoms with Crippen LogP contribution in [0.3, 0.4) is 0 Å². The molecule has 0 radical (unpaired) electrons. The van der Waals surface area contributed by atoms with Crippen LogP contribution in [0, 0.1) is 28.6 Å². The van der Waals surface area contributed by atoms with Crippen LogP contribution in [-0.2, 0) is 16.4 Å². The summed E-state index contributed by atoms with van der Waals surface area (Å²) in [4.78, 5) is 0.197. The van der Waals surface area contributed by atoms with Crippen LogP contribution in [0.15, 0.2) is 29.2 Å². The summed E-state index contributed by atoms with van der Waals surface area (Å²) in [5, 5.41) is 17.3. The zero-order valence-electron chi connectivity index (χ0n) is 12.3. The molecule has 0 amide bonds. The van der Waals surface area contributed by atoms with E-state index in [1.54, 1.807) is 12.1 Å². The van der Waals surface area contributed by atoms with Gasteiger partial charge in [-0.25, -0.2) is 8.42 Å². The van der Waals surface area contributed by atoms with Crippen LogP contribution in [0.5, 0.6) is 0 Å². The Kier molecular flexibility index (Phi) is 6.36. The van der Waals surface area contributed by atoms with Crippen LogP contribution in [-0.4, -0.2) is 25.8 Å². The topological polar surface area (TPSA) is 85.0 Å². The van der Waals surface area contributed by atoms with E-state index in [-0.39, 0.29) is 30.2 Å². The number of rotatable bonds is 7. The molecule has 1 aromatic rings. The van der Waals surface area contributed by atoms with E-state index in [0.717, 1.165) is 5.56 Å². The molecular weight excluding hydrogens is 286 g/mol. The summed E-state index contributed by atoms with van der Waals surface area (Å²) in [7, 11) is -3.60. The molecule has 0 aliphatic heterocycles. The van der Waals surface area contributed by atoms with Crippen LogP contribution in [0.25, 0.3) is 0 Å². The summed E-state index contributed by atoms with van der Waals surface area (Å²) in [5.74, 6) is 0.177. The number of benzene rings is 1. The van der Waals surface area contributed by atoms with Gasteiger partial charge in [0, 0.05) is 19.5 Å². The Morgan fingerprint density at radius 1 is 1.14 bits per heavy atom. The van der Waals surface area contributed by atoms with Gasteiger partial charge >= 0.3 is 0 Å². The van der Waals surface area contributed by atoms with E-state index in [1.807, 2.05) is 26.0 Å². The number of nitrogens with zero attached hydrogens (tertiary/aromatic N) is 3. The number of sulfonamides is 1. The summed E-state index contributed by atoms with van der Waals surface area (Å²) in [6.45, 7) is 4.44. The normalized spacial score (nSPS) is 11.3. The quantitative estimate of drug-likeness (QED) is 0.773. The lowest BCUT2D eigenvalue weighted by Crippen LogP contribution is -2.35. The Morgan fingerprint density at radius 2 is 1.76 bits per heavy atom. The predicted molar refractivity (Wildman–Crippen MR) is 79.6 cm³/mol. The Bertz CT molecular complexity index is 637. The van der Waals surface area contributed by atoms with Gasteiger partial charge in [0.15, 0.2) is 0 Å². The molecule has 0 saturated heterocycles. The molecule has 112 valence electrons. The first-order chi connectivity index (χ1) is 9.91. The molecule has 0 bridgehead atoms. The van der Waals surface area contributed by atoms with Gasteiger partial charge in [-0.1, -0.05) is 26.0 Å². The molecular formula is C15H19N3O2S. The van der Waals surface area contributed by atoms with Crippen molar-refractivity contribution in [3.8, 4) is 12.1 Å². The van der Waals surface area contributed by atoms with E-state index in [1.165, 1.54) is 16.4 Å². The molecule has 0 atom stereocenters. The Hall–Kier alpha value is -1.89. The first kappa shape index (κ1) is 17.2. The highest BCUT2D eigenvalue weighted by atomic mass is 32.2. The summed E-state index contributed by atoms with van der Waals surface area (Å²) in [5.41, 5.74) is 0.781. The fraction of sp³-hybridized carbons (Fsp3) is 0.467. The van der Waals surface area contributed by atoms with Crippen molar-refractivity contribution in [2.45, 2.75) is 31.6 Å². The molecule has 1 rings (SSSR count). The molecule has 1 aromatic carbocycles. The van der Waals surface area contributed by atoms with Crippen molar-refractivity contribution in [3.05, 3.63) is 29.8 Å². The van der Waals surface area contributed by atoms with Gasteiger partial charge in [0.25, 0.3) is 0 Å². The lowest BCUT2D eigenvalue weighted by molar-refractivity contribution is 0.373. The van der Waals surface area contributed by atoms with Crippen molar-refractivity contribution in [1.29, 1.82) is 10.5 Å². The highest BCUT2D eigenvalue weighted by Crippen LogP contribution is 2.18. The van der Waals surface area contributed by atoms with Gasteiger partial charge < -0.3 is 0 Å². The smallest absolute Gasteiger partial charge is 0.207 e. The van der Waals surface area contributed by atoms with Crippen LogP contribution in [0.4, 0.5) is 0 Å². The first-order valence-corrected chi connectivity index (χ1v) is 8.18. The minimum absolute atomic E-state index is 0.165. The predicted octanol–water partition coefficient (Wildman–Crippen LogP) is 2.31. The molecule has 0 aliphatic rings. The van der Waals surface area contributed by atoms with Crippen molar-refractivity contribution in [3.63, 3.8) is 0 Å². The third kappa shape index (κ3) is 4.86. The Labute approximate surface area is 126 Å². The number of hydrogen-bond donors (Lipinski definition) is 0. The van der Waals surface area contributed by atoms with E-state index in [2.05, 4.69) is 0 Å². The lowest BCUT2D eigenvalue weighted by atomic mass is 10.2. The number of nitriles is 2. The molecule has 6 heteroatoms. The molecule has 0 heterocycles. The fourth-order valence-corrected chi connectivity index (χ4v) is 3.52. The molecule has 21 heavy (non-hydrogen) atoms. The molecule has 0 N–H and O–H groups in total. The lowest BCUT2D eigenvalue weighted by Gasteiger charge is -2.23. The summed E-state index contributed by atoms with van der Waals surface area (Å²) < 4.78 is 26.5. The molecule has 5 nitrogen and oxygen atoms in total. The second kappa shape index (κ2) is 7.78. The summed E-state index contributed by atoms with van der Waals surface area (Å²) in [6.07, 6.45) is 0.420. The fourth-order valence-electron chi connectivity index (χ4n) is 1.91. The van der Waals surface area contributed by atoms with Crippen LogP contribution < -0.4 is 0 Å². The molecule has 0 unspecified atom stereocenters. The van der Waals surface area contributed by atoms with Gasteiger partial charge in [0.1, 0.15) is 0 Å². The second-order valence-electron chi connectivity index (χ2n) is 5.14. The molecule has 0 aliphatic carbocycles. The maximum atomic E-state index is 12.6. The largest absolute Gasteiger partial charge is 0.243 e. The first-order valence-electron chi connectivity index (χ1n) is 6.74. The zero-order chi connectivity index (χ0) is 15.9. The SMILES string of the molecule is CC(C)CN(CCC#N)S(=O)(=O)c1ccc(CC#N)cc1. The standard InChI is InChI=1S/C15H19N3O2S/c1-13(2)12-18(11-3-9-16)21(19,20)15-6-4-14(5-7-15)8-10-17/h4-7,13H,3,8,11-12H2,1-2H3. The van der Waals surface area contributed by atoms with E-state index in [9.17, 15) is 8.42 Å². The molecule has 0 saturated carbocycles. The van der Waals surface area contributed by atoms with E-state index < -0.39 is 10.0 Å². The van der Waals surface area contributed by atoms with E-state index >= 15 is 0 Å².